The third-order valence-electron chi connectivity index (χ3n) is 6.69. The Hall–Kier alpha value is -4.10. The first-order valence-electron chi connectivity index (χ1n) is 11.1. The maximum absolute atomic E-state index is 6.13. The van der Waals surface area contributed by atoms with Gasteiger partial charge in [-0.1, -0.05) is 91.0 Å². The highest BCUT2D eigenvalue weighted by molar-refractivity contribution is 6.25. The van der Waals surface area contributed by atoms with Crippen LogP contribution in [0.1, 0.15) is 11.3 Å². The lowest BCUT2D eigenvalue weighted by molar-refractivity contribution is 0.564. The minimum Gasteiger partial charge on any atom is -0.460 e. The number of furan rings is 1. The van der Waals surface area contributed by atoms with Crippen molar-refractivity contribution < 1.29 is 4.42 Å². The largest absolute Gasteiger partial charge is 0.460 e. The van der Waals surface area contributed by atoms with Gasteiger partial charge in [0.2, 0.25) is 0 Å². The summed E-state index contributed by atoms with van der Waals surface area (Å²) in [5.74, 6) is 1.04. The first kappa shape index (κ1) is 17.6. The Balaban J connectivity index is 1.50. The number of allylic oxidation sites excluding steroid dienone is 3. The molecular formula is C31H20O. The molecule has 1 aromatic heterocycles. The van der Waals surface area contributed by atoms with Crippen molar-refractivity contribution >= 4 is 49.4 Å². The predicted octanol–water partition coefficient (Wildman–Crippen LogP) is 8.68. The quantitative estimate of drug-likeness (QED) is 0.248. The molecule has 150 valence electrons. The van der Waals surface area contributed by atoms with E-state index in [9.17, 15) is 0 Å². The van der Waals surface area contributed by atoms with E-state index in [0.717, 1.165) is 17.8 Å². The molecule has 0 amide bonds. The Morgan fingerprint density at radius 1 is 0.531 bits per heavy atom. The molecule has 0 fully saturated rings. The number of benzene rings is 5. The molecule has 7 rings (SSSR count). The Labute approximate surface area is 185 Å². The number of hydrogen-bond donors (Lipinski definition) is 0. The Bertz CT molecular complexity index is 1710. The molecule has 0 unspecified atom stereocenters. The minimum absolute atomic E-state index is 0.835. The van der Waals surface area contributed by atoms with E-state index >= 15 is 0 Å². The molecule has 0 saturated heterocycles. The SMILES string of the molecule is C1=CCc2oc3ccc(-c4ccc5c6ccccc6c6ccccc6c5c4)cc3c2C=C1. The van der Waals surface area contributed by atoms with Crippen molar-refractivity contribution in [1.82, 2.24) is 0 Å². The molecule has 1 heterocycles. The maximum atomic E-state index is 6.13. The van der Waals surface area contributed by atoms with E-state index in [-0.39, 0.29) is 0 Å². The highest BCUT2D eigenvalue weighted by Gasteiger charge is 2.14. The third kappa shape index (κ3) is 2.52. The molecule has 0 bridgehead atoms. The Morgan fingerprint density at radius 3 is 1.84 bits per heavy atom. The fraction of sp³-hybridized carbons (Fsp3) is 0.0323. The van der Waals surface area contributed by atoms with Gasteiger partial charge < -0.3 is 4.42 Å². The molecule has 1 nitrogen and oxygen atoms in total. The van der Waals surface area contributed by atoms with E-state index in [1.54, 1.807) is 0 Å². The highest BCUT2D eigenvalue weighted by Crippen LogP contribution is 2.38. The molecule has 1 aliphatic carbocycles. The molecule has 5 aromatic carbocycles. The minimum atomic E-state index is 0.835. The van der Waals surface area contributed by atoms with Crippen molar-refractivity contribution in [3.63, 3.8) is 0 Å². The van der Waals surface area contributed by atoms with Gasteiger partial charge in [0.25, 0.3) is 0 Å². The molecule has 1 aliphatic rings. The van der Waals surface area contributed by atoms with Crippen LogP contribution >= 0.6 is 0 Å². The second-order valence-corrected chi connectivity index (χ2v) is 8.49. The lowest BCUT2D eigenvalue weighted by Gasteiger charge is -2.12. The lowest BCUT2D eigenvalue weighted by atomic mass is 9.92. The van der Waals surface area contributed by atoms with E-state index in [2.05, 4.69) is 109 Å². The van der Waals surface area contributed by atoms with E-state index < -0.39 is 0 Å². The van der Waals surface area contributed by atoms with Crippen LogP contribution in [-0.4, -0.2) is 0 Å². The van der Waals surface area contributed by atoms with E-state index in [1.807, 2.05) is 0 Å². The second-order valence-electron chi connectivity index (χ2n) is 8.49. The third-order valence-corrected chi connectivity index (χ3v) is 6.69. The zero-order chi connectivity index (χ0) is 21.1. The molecule has 6 aromatic rings. The molecule has 1 heteroatoms. The molecule has 0 atom stereocenters. The molecule has 0 spiro atoms. The molecular weight excluding hydrogens is 388 g/mol. The van der Waals surface area contributed by atoms with Crippen molar-refractivity contribution in [2.75, 3.05) is 0 Å². The number of rotatable bonds is 1. The summed E-state index contributed by atoms with van der Waals surface area (Å²) in [6.07, 6.45) is 9.32. The van der Waals surface area contributed by atoms with Crippen molar-refractivity contribution in [2.24, 2.45) is 0 Å². The van der Waals surface area contributed by atoms with Crippen LogP contribution in [0, 0.1) is 0 Å². The summed E-state index contributed by atoms with van der Waals surface area (Å²) in [4.78, 5) is 0. The molecule has 0 saturated carbocycles. The van der Waals surface area contributed by atoms with Crippen LogP contribution in [0.4, 0.5) is 0 Å². The fourth-order valence-electron chi connectivity index (χ4n) is 5.17. The number of fused-ring (bicyclic) bond motifs is 9. The van der Waals surface area contributed by atoms with Crippen molar-refractivity contribution in [3.8, 4) is 11.1 Å². The van der Waals surface area contributed by atoms with Gasteiger partial charge in [0.05, 0.1) is 0 Å². The predicted molar refractivity (Wildman–Crippen MR) is 136 cm³/mol. The fourth-order valence-corrected chi connectivity index (χ4v) is 5.17. The van der Waals surface area contributed by atoms with Gasteiger partial charge in [0.15, 0.2) is 0 Å². The first-order valence-corrected chi connectivity index (χ1v) is 11.1. The van der Waals surface area contributed by atoms with Crippen LogP contribution in [0.25, 0.3) is 60.5 Å². The second kappa shape index (κ2) is 6.70. The van der Waals surface area contributed by atoms with Gasteiger partial charge in [0, 0.05) is 17.4 Å². The summed E-state index contributed by atoms with van der Waals surface area (Å²) >= 11 is 0. The maximum Gasteiger partial charge on any atom is 0.134 e. The van der Waals surface area contributed by atoms with Crippen LogP contribution < -0.4 is 0 Å². The van der Waals surface area contributed by atoms with Crippen LogP contribution in [0.3, 0.4) is 0 Å². The normalized spacial score (nSPS) is 13.2. The molecule has 32 heavy (non-hydrogen) atoms. The zero-order valence-electron chi connectivity index (χ0n) is 17.5. The average Bonchev–Trinajstić information content (AvgIpc) is 3.03. The molecule has 0 aliphatic heterocycles. The molecule has 0 N–H and O–H groups in total. The van der Waals surface area contributed by atoms with Crippen molar-refractivity contribution in [1.29, 1.82) is 0 Å². The standard InChI is InChI=1S/C31H20O/c1-2-12-27-29-19-21(15-17-31(29)32-30(27)13-3-1)20-14-16-26-24-10-5-4-8-22(24)23-9-6-7-11-25(23)28(26)18-20/h1-12,14-19H,13H2. The lowest BCUT2D eigenvalue weighted by Crippen LogP contribution is -1.85. The van der Waals surface area contributed by atoms with Gasteiger partial charge in [0.1, 0.15) is 11.3 Å². The number of hydrogen-bond acceptors (Lipinski definition) is 1. The van der Waals surface area contributed by atoms with Crippen LogP contribution in [0.15, 0.2) is 108 Å². The summed E-state index contributed by atoms with van der Waals surface area (Å²) in [5, 5.41) is 9.01. The van der Waals surface area contributed by atoms with Crippen LogP contribution in [-0.2, 0) is 6.42 Å². The zero-order valence-corrected chi connectivity index (χ0v) is 17.5. The first-order chi connectivity index (χ1) is 15.9. The summed E-state index contributed by atoms with van der Waals surface area (Å²) < 4.78 is 6.13. The van der Waals surface area contributed by atoms with Crippen molar-refractivity contribution in [2.45, 2.75) is 6.42 Å². The van der Waals surface area contributed by atoms with Crippen LogP contribution in [0.2, 0.25) is 0 Å². The van der Waals surface area contributed by atoms with Gasteiger partial charge in [-0.25, -0.2) is 0 Å². The van der Waals surface area contributed by atoms with Gasteiger partial charge >= 0.3 is 0 Å². The Kier molecular flexibility index (Phi) is 3.68. The Morgan fingerprint density at radius 2 is 1.12 bits per heavy atom. The molecule has 0 radical (unpaired) electrons. The van der Waals surface area contributed by atoms with E-state index in [1.165, 1.54) is 54.4 Å². The van der Waals surface area contributed by atoms with Gasteiger partial charge in [-0.05, 0) is 61.6 Å². The summed E-state index contributed by atoms with van der Waals surface area (Å²) in [6, 6.07) is 30.9. The topological polar surface area (TPSA) is 13.1 Å². The van der Waals surface area contributed by atoms with Gasteiger partial charge in [-0.2, -0.15) is 0 Å². The van der Waals surface area contributed by atoms with E-state index in [4.69, 9.17) is 4.42 Å². The summed E-state index contributed by atoms with van der Waals surface area (Å²) in [6.45, 7) is 0. The van der Waals surface area contributed by atoms with E-state index in [0.29, 0.717) is 0 Å². The smallest absolute Gasteiger partial charge is 0.134 e. The summed E-state index contributed by atoms with van der Waals surface area (Å²) in [7, 11) is 0. The monoisotopic (exact) mass is 408 g/mol. The highest BCUT2D eigenvalue weighted by atomic mass is 16.3. The van der Waals surface area contributed by atoms with Gasteiger partial charge in [-0.3, -0.25) is 0 Å². The van der Waals surface area contributed by atoms with Crippen LogP contribution in [0.5, 0.6) is 0 Å². The summed E-state index contributed by atoms with van der Waals surface area (Å²) in [5.41, 5.74) is 4.59. The van der Waals surface area contributed by atoms with Crippen molar-refractivity contribution in [3.05, 3.63) is 114 Å². The van der Waals surface area contributed by atoms with Gasteiger partial charge in [-0.15, -0.1) is 0 Å². The average molecular weight is 409 g/mol.